The summed E-state index contributed by atoms with van der Waals surface area (Å²) in [6.45, 7) is 8.38. The van der Waals surface area contributed by atoms with E-state index in [1.807, 2.05) is 36.4 Å². The molecule has 0 bridgehead atoms. The molecule has 3 nitrogen and oxygen atoms in total. The van der Waals surface area contributed by atoms with Gasteiger partial charge in [0.15, 0.2) is 5.60 Å². The van der Waals surface area contributed by atoms with E-state index < -0.39 is 5.60 Å². The van der Waals surface area contributed by atoms with Crippen LogP contribution < -0.4 is 4.90 Å². The lowest BCUT2D eigenvalue weighted by molar-refractivity contribution is -0.919. The Kier molecular flexibility index (Phi) is 5.83. The van der Waals surface area contributed by atoms with Crippen LogP contribution in [0.3, 0.4) is 0 Å². The number of piperidine rings is 1. The van der Waals surface area contributed by atoms with E-state index in [1.54, 1.807) is 0 Å². The zero-order valence-corrected chi connectivity index (χ0v) is 18.0. The zero-order valence-electron chi connectivity index (χ0n) is 18.0. The summed E-state index contributed by atoms with van der Waals surface area (Å²) in [5.41, 5.74) is 1.38. The second-order valence-corrected chi connectivity index (χ2v) is 9.63. The molecular weight excluding hydrogens is 358 g/mol. The third-order valence-electron chi connectivity index (χ3n) is 7.45. The van der Waals surface area contributed by atoms with Crippen molar-refractivity contribution in [3.63, 3.8) is 0 Å². The molecule has 1 unspecified atom stereocenters. The number of quaternary nitrogens is 1. The molecule has 0 saturated carbocycles. The first kappa shape index (κ1) is 20.6. The monoisotopic (exact) mass is 394 g/mol. The largest absolute Gasteiger partial charge is 0.375 e. The van der Waals surface area contributed by atoms with Gasteiger partial charge < -0.3 is 14.7 Å². The summed E-state index contributed by atoms with van der Waals surface area (Å²) in [6, 6.07) is 20.4. The van der Waals surface area contributed by atoms with Crippen molar-refractivity contribution in [3.05, 3.63) is 71.8 Å². The topological polar surface area (TPSA) is 33.9 Å². The molecule has 2 aliphatic rings. The Hall–Kier alpha value is -1.68. The van der Waals surface area contributed by atoms with Gasteiger partial charge in [-0.25, -0.2) is 0 Å². The maximum absolute atomic E-state index is 12.0. The molecule has 2 N–H and O–H groups in total. The number of hydrogen-bond donors (Lipinski definition) is 2. The van der Waals surface area contributed by atoms with Gasteiger partial charge in [0.25, 0.3) is 0 Å². The van der Waals surface area contributed by atoms with Crippen molar-refractivity contribution in [1.82, 2.24) is 0 Å². The van der Waals surface area contributed by atoms with Gasteiger partial charge in [-0.05, 0) is 50.2 Å². The molecule has 2 saturated heterocycles. The predicted molar refractivity (Wildman–Crippen MR) is 117 cm³/mol. The van der Waals surface area contributed by atoms with Gasteiger partial charge in [0.2, 0.25) is 0 Å². The Morgan fingerprint density at radius 1 is 1.00 bits per heavy atom. The van der Waals surface area contributed by atoms with Crippen LogP contribution in [-0.2, 0) is 10.3 Å². The molecule has 0 radical (unpaired) electrons. The molecule has 1 spiro atoms. The first-order chi connectivity index (χ1) is 14.0. The quantitative estimate of drug-likeness (QED) is 0.813. The second kappa shape index (κ2) is 8.22. The van der Waals surface area contributed by atoms with E-state index in [0.717, 1.165) is 50.1 Å². The van der Waals surface area contributed by atoms with E-state index in [0.29, 0.717) is 12.0 Å². The third-order valence-corrected chi connectivity index (χ3v) is 7.45. The Morgan fingerprint density at radius 2 is 1.62 bits per heavy atom. The Labute approximate surface area is 175 Å². The van der Waals surface area contributed by atoms with Crippen molar-refractivity contribution >= 4 is 0 Å². The van der Waals surface area contributed by atoms with E-state index in [1.165, 1.54) is 17.7 Å². The minimum atomic E-state index is -0.963. The number of ether oxygens (including phenoxy) is 1. The maximum Gasteiger partial charge on any atom is 0.163 e. The molecule has 2 fully saturated rings. The summed E-state index contributed by atoms with van der Waals surface area (Å²) < 4.78 is 6.16. The molecular formula is C26H36NO2+. The summed E-state index contributed by atoms with van der Waals surface area (Å²) in [4.78, 5) is 1.52. The molecule has 0 aromatic heterocycles. The number of nitrogens with one attached hydrogen (secondary N) is 1. The average molecular weight is 395 g/mol. The lowest BCUT2D eigenvalue weighted by Crippen LogP contribution is -3.16. The summed E-state index contributed by atoms with van der Waals surface area (Å²) in [6.07, 6.45) is 5.90. The highest BCUT2D eigenvalue weighted by Crippen LogP contribution is 2.43. The van der Waals surface area contributed by atoms with Gasteiger partial charge in [0.05, 0.1) is 18.7 Å². The van der Waals surface area contributed by atoms with Gasteiger partial charge in [-0.3, -0.25) is 0 Å². The lowest BCUT2D eigenvalue weighted by atomic mass is 9.68. The van der Waals surface area contributed by atoms with Crippen molar-refractivity contribution in [2.24, 2.45) is 5.41 Å². The van der Waals surface area contributed by atoms with E-state index in [2.05, 4.69) is 38.1 Å². The highest BCUT2D eigenvalue weighted by Gasteiger charge is 2.48. The number of aliphatic hydroxyl groups is 1. The summed E-state index contributed by atoms with van der Waals surface area (Å²) in [5.74, 6) is 0. The van der Waals surface area contributed by atoms with Gasteiger partial charge >= 0.3 is 0 Å². The smallest absolute Gasteiger partial charge is 0.163 e. The first-order valence-corrected chi connectivity index (χ1v) is 11.3. The molecule has 2 aromatic rings. The fourth-order valence-electron chi connectivity index (χ4n) is 5.77. The summed E-state index contributed by atoms with van der Waals surface area (Å²) >= 11 is 0. The molecule has 0 aliphatic carbocycles. The fourth-order valence-corrected chi connectivity index (χ4v) is 5.77. The number of rotatable bonds is 5. The molecule has 0 amide bonds. The molecule has 2 heterocycles. The maximum atomic E-state index is 12.0. The van der Waals surface area contributed by atoms with Crippen molar-refractivity contribution < 1.29 is 14.7 Å². The molecule has 3 atom stereocenters. The average Bonchev–Trinajstić information content (AvgIpc) is 2.75. The molecule has 29 heavy (non-hydrogen) atoms. The minimum Gasteiger partial charge on any atom is -0.375 e. The van der Waals surface area contributed by atoms with Gasteiger partial charge in [-0.15, -0.1) is 0 Å². The van der Waals surface area contributed by atoms with Crippen LogP contribution in [0.1, 0.15) is 57.1 Å². The molecule has 2 aliphatic heterocycles. The van der Waals surface area contributed by atoms with E-state index in [-0.39, 0.29) is 5.60 Å². The van der Waals surface area contributed by atoms with Crippen LogP contribution in [0.15, 0.2) is 60.7 Å². The summed E-state index contributed by atoms with van der Waals surface area (Å²) in [7, 11) is 0. The number of benzene rings is 2. The van der Waals surface area contributed by atoms with E-state index in [9.17, 15) is 5.11 Å². The predicted octanol–water partition coefficient (Wildman–Crippen LogP) is 3.57. The highest BCUT2D eigenvalue weighted by atomic mass is 16.5. The summed E-state index contributed by atoms with van der Waals surface area (Å²) in [5, 5.41) is 12.0. The van der Waals surface area contributed by atoms with Crippen molar-refractivity contribution in [1.29, 1.82) is 0 Å². The van der Waals surface area contributed by atoms with Crippen molar-refractivity contribution in [3.8, 4) is 0 Å². The highest BCUT2D eigenvalue weighted by molar-refractivity contribution is 5.35. The van der Waals surface area contributed by atoms with E-state index in [4.69, 9.17) is 4.74 Å². The first-order valence-electron chi connectivity index (χ1n) is 11.3. The van der Waals surface area contributed by atoms with Crippen LogP contribution in [-0.4, -0.2) is 36.9 Å². The second-order valence-electron chi connectivity index (χ2n) is 9.63. The van der Waals surface area contributed by atoms with Gasteiger partial charge in [-0.1, -0.05) is 67.6 Å². The zero-order chi connectivity index (χ0) is 20.4. The Morgan fingerprint density at radius 3 is 2.21 bits per heavy atom. The Balaban J connectivity index is 1.60. The molecule has 4 rings (SSSR count). The van der Waals surface area contributed by atoms with Crippen LogP contribution in [0.25, 0.3) is 0 Å². The van der Waals surface area contributed by atoms with Gasteiger partial charge in [0, 0.05) is 12.0 Å². The lowest BCUT2D eigenvalue weighted by Gasteiger charge is -2.49. The minimum absolute atomic E-state index is 0.00979. The van der Waals surface area contributed by atoms with Gasteiger partial charge in [0.1, 0.15) is 6.54 Å². The molecule has 156 valence electrons. The third kappa shape index (κ3) is 4.28. The standard InChI is InChI=1S/C26H35NO2/c1-3-24(2)19-25(16-18-29-24)15-10-17-27(20-25)21-26(28,22-11-6-4-7-12-22)23-13-8-5-9-14-23/h4-9,11-14,28H,3,10,15-21H2,1-2H3/p+1/t24-,25+/m0/s1. The van der Waals surface area contributed by atoms with Crippen LogP contribution >= 0.6 is 0 Å². The SMILES string of the molecule is CC[C@@]1(C)C[C@@]2(CCC[NH+](CC(O)(c3ccccc3)c3ccccc3)C2)CCO1. The van der Waals surface area contributed by atoms with Crippen LogP contribution in [0.5, 0.6) is 0 Å². The van der Waals surface area contributed by atoms with Crippen LogP contribution in [0.4, 0.5) is 0 Å². The van der Waals surface area contributed by atoms with Gasteiger partial charge in [-0.2, -0.15) is 0 Å². The number of likely N-dealkylation sites (tertiary alicyclic amines) is 1. The van der Waals surface area contributed by atoms with E-state index >= 15 is 0 Å². The fraction of sp³-hybridized carbons (Fsp3) is 0.538. The van der Waals surface area contributed by atoms with Crippen LogP contribution in [0.2, 0.25) is 0 Å². The number of hydrogen-bond acceptors (Lipinski definition) is 2. The molecule has 2 aromatic carbocycles. The Bertz CT molecular complexity index is 749. The van der Waals surface area contributed by atoms with Crippen LogP contribution in [0, 0.1) is 5.41 Å². The van der Waals surface area contributed by atoms with Crippen molar-refractivity contribution in [2.45, 2.75) is 57.2 Å². The molecule has 3 heteroatoms. The normalized spacial score (nSPS) is 30.4. The van der Waals surface area contributed by atoms with Crippen molar-refractivity contribution in [2.75, 3.05) is 26.2 Å².